The quantitative estimate of drug-likeness (QED) is 0.596. The molecule has 0 saturated carbocycles. The number of benzene rings is 2. The van der Waals surface area contributed by atoms with E-state index in [1.807, 2.05) is 70.2 Å². The number of hydrogen-bond acceptors (Lipinski definition) is 6. The van der Waals surface area contributed by atoms with Crippen LogP contribution in [0.15, 0.2) is 47.5 Å². The minimum atomic E-state index is -0.476. The van der Waals surface area contributed by atoms with E-state index >= 15 is 0 Å². The van der Waals surface area contributed by atoms with Gasteiger partial charge in [-0.25, -0.2) is 4.99 Å². The summed E-state index contributed by atoms with van der Waals surface area (Å²) in [7, 11) is 0. The van der Waals surface area contributed by atoms with Crippen molar-refractivity contribution in [2.24, 2.45) is 10.7 Å². The molecule has 2 aromatic rings. The monoisotopic (exact) mass is 492 g/mol. The molecule has 3 aliphatic heterocycles. The predicted octanol–water partition coefficient (Wildman–Crippen LogP) is 4.03. The van der Waals surface area contributed by atoms with E-state index in [2.05, 4.69) is 15.6 Å². The zero-order chi connectivity index (χ0) is 25.9. The molecule has 3 heterocycles. The van der Waals surface area contributed by atoms with E-state index in [0.717, 1.165) is 54.9 Å². The van der Waals surface area contributed by atoms with E-state index in [4.69, 9.17) is 15.2 Å². The largest absolute Gasteiger partial charge is 0.493 e. The van der Waals surface area contributed by atoms with Gasteiger partial charge in [-0.05, 0) is 69.4 Å². The maximum absolute atomic E-state index is 12.8. The zero-order valence-electron chi connectivity index (χ0n) is 21.5. The Morgan fingerprint density at radius 1 is 1.17 bits per heavy atom. The van der Waals surface area contributed by atoms with Gasteiger partial charge in [-0.15, -0.1) is 0 Å². The van der Waals surface area contributed by atoms with Gasteiger partial charge in [0.05, 0.1) is 24.6 Å². The molecule has 5 rings (SSSR count). The maximum Gasteiger partial charge on any atom is 0.251 e. The molecular weight excluding hydrogens is 456 g/mol. The lowest BCUT2D eigenvalue weighted by molar-refractivity contribution is -0.121. The molecule has 0 radical (unpaired) electrons. The topological polar surface area (TPSA) is 115 Å². The molecule has 192 valence electrons. The van der Waals surface area contributed by atoms with Gasteiger partial charge in [-0.3, -0.25) is 14.9 Å². The van der Waals surface area contributed by atoms with E-state index in [0.29, 0.717) is 12.0 Å². The average Bonchev–Trinajstić information content (AvgIpc) is 3.12. The van der Waals surface area contributed by atoms with E-state index in [9.17, 15) is 9.59 Å². The van der Waals surface area contributed by atoms with E-state index in [1.165, 1.54) is 0 Å². The first-order valence-electron chi connectivity index (χ1n) is 12.7. The van der Waals surface area contributed by atoms with Crippen LogP contribution in [0.1, 0.15) is 80.9 Å². The lowest BCUT2D eigenvalue weighted by Gasteiger charge is -2.30. The molecule has 1 unspecified atom stereocenters. The van der Waals surface area contributed by atoms with Gasteiger partial charge >= 0.3 is 0 Å². The number of ether oxygens (including phenoxy) is 2. The summed E-state index contributed by atoms with van der Waals surface area (Å²) in [4.78, 5) is 28.2. The number of aliphatic imine (C=N–C) groups is 1. The number of nitrogens with two attached hydrogens (primary N) is 1. The Morgan fingerprint density at radius 3 is 2.64 bits per heavy atom. The number of fused-ring (bicyclic) bond motifs is 2. The van der Waals surface area contributed by atoms with E-state index in [-0.39, 0.29) is 29.4 Å². The summed E-state index contributed by atoms with van der Waals surface area (Å²) in [6.45, 7) is 8.80. The van der Waals surface area contributed by atoms with Crippen LogP contribution in [0.25, 0.3) is 0 Å². The summed E-state index contributed by atoms with van der Waals surface area (Å²) in [5.74, 6) is 1.89. The third-order valence-corrected chi connectivity index (χ3v) is 7.18. The molecular formula is C28H36N4O4. The Balaban J connectivity index is 0.000000214. The van der Waals surface area contributed by atoms with Gasteiger partial charge in [-0.2, -0.15) is 0 Å². The number of amides is 2. The number of rotatable bonds is 4. The van der Waals surface area contributed by atoms with Crippen molar-refractivity contribution in [1.82, 2.24) is 10.6 Å². The SMILES string of the molecule is CC1(C)Oc2ccccc2C1NC(=O)c1ccc2c(c1)CCCO2.CCC1(CC)CC(=O)NC(N)=N1. The number of para-hydroxylation sites is 1. The van der Waals surface area contributed by atoms with Crippen LogP contribution in [0.3, 0.4) is 0 Å². The molecule has 36 heavy (non-hydrogen) atoms. The number of hydrogen-bond donors (Lipinski definition) is 3. The van der Waals surface area contributed by atoms with Gasteiger partial charge in [-0.1, -0.05) is 32.0 Å². The standard InChI is InChI=1S/C20H21NO3.C8H15N3O/c1-20(2)18(15-7-3-4-8-17(15)24-20)21-19(22)14-9-10-16-13(12-14)6-5-11-23-16;1-3-8(4-2)5-6(12)10-7(9)11-8/h3-4,7-10,12,18H,5-6,11H2,1-2H3,(H,21,22);3-5H2,1-2H3,(H3,9,10,11,12). The molecule has 1 atom stereocenters. The Kier molecular flexibility index (Phi) is 7.24. The number of guanidine groups is 1. The molecule has 2 aromatic carbocycles. The summed E-state index contributed by atoms with van der Waals surface area (Å²) in [6, 6.07) is 13.4. The third-order valence-electron chi connectivity index (χ3n) is 7.18. The smallest absolute Gasteiger partial charge is 0.251 e. The van der Waals surface area contributed by atoms with Crippen molar-refractivity contribution in [3.05, 3.63) is 59.2 Å². The molecule has 0 fully saturated rings. The molecule has 0 aliphatic carbocycles. The maximum atomic E-state index is 12.8. The molecule has 8 nitrogen and oxygen atoms in total. The molecule has 0 aromatic heterocycles. The van der Waals surface area contributed by atoms with Crippen LogP contribution in [0.4, 0.5) is 0 Å². The summed E-state index contributed by atoms with van der Waals surface area (Å²) < 4.78 is 11.6. The minimum Gasteiger partial charge on any atom is -0.493 e. The van der Waals surface area contributed by atoms with Crippen molar-refractivity contribution in [2.75, 3.05) is 6.61 Å². The van der Waals surface area contributed by atoms with Crippen LogP contribution in [0, 0.1) is 0 Å². The first kappa shape index (κ1) is 25.5. The van der Waals surface area contributed by atoms with Gasteiger partial charge in [0.1, 0.15) is 17.1 Å². The fraction of sp³-hybridized carbons (Fsp3) is 0.464. The highest BCUT2D eigenvalue weighted by Crippen LogP contribution is 2.42. The van der Waals surface area contributed by atoms with E-state index < -0.39 is 5.60 Å². The highest BCUT2D eigenvalue weighted by atomic mass is 16.5. The Bertz CT molecular complexity index is 1170. The Morgan fingerprint density at radius 2 is 1.92 bits per heavy atom. The lowest BCUT2D eigenvalue weighted by Crippen LogP contribution is -2.48. The van der Waals surface area contributed by atoms with Crippen molar-refractivity contribution >= 4 is 17.8 Å². The van der Waals surface area contributed by atoms with Crippen LogP contribution >= 0.6 is 0 Å². The van der Waals surface area contributed by atoms with Crippen LogP contribution < -0.4 is 25.8 Å². The molecule has 2 amide bonds. The van der Waals surface area contributed by atoms with Gasteiger partial charge in [0.2, 0.25) is 5.91 Å². The number of aryl methyl sites for hydroxylation is 1. The van der Waals surface area contributed by atoms with Crippen molar-refractivity contribution in [3.8, 4) is 11.5 Å². The number of nitrogens with zero attached hydrogens (tertiary/aromatic N) is 1. The van der Waals surface area contributed by atoms with Gasteiger partial charge < -0.3 is 20.5 Å². The molecule has 8 heteroatoms. The molecule has 4 N–H and O–H groups in total. The lowest BCUT2D eigenvalue weighted by atomic mass is 9.88. The highest BCUT2D eigenvalue weighted by Gasteiger charge is 2.42. The van der Waals surface area contributed by atoms with Crippen LogP contribution in [0.5, 0.6) is 11.5 Å². The molecule has 3 aliphatic rings. The van der Waals surface area contributed by atoms with Crippen molar-refractivity contribution < 1.29 is 19.1 Å². The highest BCUT2D eigenvalue weighted by molar-refractivity contribution is 5.98. The summed E-state index contributed by atoms with van der Waals surface area (Å²) >= 11 is 0. The fourth-order valence-corrected chi connectivity index (χ4v) is 4.96. The van der Waals surface area contributed by atoms with Gasteiger partial charge in [0, 0.05) is 11.1 Å². The van der Waals surface area contributed by atoms with Crippen molar-refractivity contribution in [1.29, 1.82) is 0 Å². The zero-order valence-corrected chi connectivity index (χ0v) is 21.5. The fourth-order valence-electron chi connectivity index (χ4n) is 4.96. The number of nitrogens with one attached hydrogen (secondary N) is 2. The molecule has 0 spiro atoms. The normalized spacial score (nSPS) is 20.7. The minimum absolute atomic E-state index is 0.0220. The average molecular weight is 493 g/mol. The second-order valence-electron chi connectivity index (χ2n) is 10.1. The number of carbonyl (C=O) groups excluding carboxylic acids is 2. The number of carbonyl (C=O) groups is 2. The van der Waals surface area contributed by atoms with Crippen LogP contribution in [0.2, 0.25) is 0 Å². The van der Waals surface area contributed by atoms with Crippen molar-refractivity contribution in [3.63, 3.8) is 0 Å². The summed E-state index contributed by atoms with van der Waals surface area (Å²) in [5, 5.41) is 5.64. The molecule has 0 saturated heterocycles. The summed E-state index contributed by atoms with van der Waals surface area (Å²) in [5.41, 5.74) is 7.55. The van der Waals surface area contributed by atoms with Gasteiger partial charge in [0.15, 0.2) is 5.96 Å². The third kappa shape index (κ3) is 5.32. The second-order valence-corrected chi connectivity index (χ2v) is 10.1. The van der Waals surface area contributed by atoms with Crippen LogP contribution in [-0.2, 0) is 11.2 Å². The summed E-state index contributed by atoms with van der Waals surface area (Å²) in [6.07, 6.45) is 4.13. The van der Waals surface area contributed by atoms with Gasteiger partial charge in [0.25, 0.3) is 5.91 Å². The first-order valence-corrected chi connectivity index (χ1v) is 12.7. The van der Waals surface area contributed by atoms with E-state index in [1.54, 1.807) is 0 Å². The second kappa shape index (κ2) is 10.2. The molecule has 0 bridgehead atoms. The van der Waals surface area contributed by atoms with Crippen molar-refractivity contribution in [2.45, 2.75) is 77.0 Å². The Hall–Kier alpha value is -3.55. The predicted molar refractivity (Wildman–Crippen MR) is 139 cm³/mol. The Labute approximate surface area is 212 Å². The first-order chi connectivity index (χ1) is 17.2. The van der Waals surface area contributed by atoms with Crippen LogP contribution in [-0.4, -0.2) is 35.5 Å².